The monoisotopic (exact) mass is 260 g/mol. The van der Waals surface area contributed by atoms with Crippen LogP contribution in [0.25, 0.3) is 5.57 Å². The number of hydrogen-bond acceptors (Lipinski definition) is 2. The third-order valence-corrected chi connectivity index (χ3v) is 3.99. The summed E-state index contributed by atoms with van der Waals surface area (Å²) in [6.07, 6.45) is 2.41. The van der Waals surface area contributed by atoms with Crippen LogP contribution in [0.15, 0.2) is 18.7 Å². The summed E-state index contributed by atoms with van der Waals surface area (Å²) in [6, 6.07) is 4.22. The second-order valence-electron chi connectivity index (χ2n) is 6.27. The minimum Gasteiger partial charge on any atom is -0.373 e. The Morgan fingerprint density at radius 2 is 2.00 bits per heavy atom. The second kappa shape index (κ2) is 6.23. The van der Waals surface area contributed by atoms with E-state index >= 15 is 0 Å². The van der Waals surface area contributed by atoms with E-state index in [0.29, 0.717) is 5.41 Å². The zero-order valence-corrected chi connectivity index (χ0v) is 13.4. The molecule has 1 aromatic heterocycles. The quantitative estimate of drug-likeness (QED) is 0.738. The first kappa shape index (κ1) is 15.7. The van der Waals surface area contributed by atoms with Crippen LogP contribution in [0.5, 0.6) is 0 Å². The van der Waals surface area contributed by atoms with Crippen LogP contribution < -0.4 is 4.90 Å². The van der Waals surface area contributed by atoms with Crippen molar-refractivity contribution in [2.45, 2.75) is 47.5 Å². The van der Waals surface area contributed by atoms with Crippen LogP contribution in [0.1, 0.15) is 51.9 Å². The Balaban J connectivity index is 2.78. The van der Waals surface area contributed by atoms with Gasteiger partial charge in [-0.25, -0.2) is 0 Å². The van der Waals surface area contributed by atoms with Gasteiger partial charge in [0.1, 0.15) is 0 Å². The lowest BCUT2D eigenvalue weighted by Crippen LogP contribution is -2.25. The van der Waals surface area contributed by atoms with E-state index in [1.165, 1.54) is 18.5 Å². The molecule has 0 aliphatic carbocycles. The highest BCUT2D eigenvalue weighted by Crippen LogP contribution is 2.26. The lowest BCUT2D eigenvalue weighted by Gasteiger charge is -2.28. The molecule has 0 radical (unpaired) electrons. The molecule has 0 aromatic carbocycles. The van der Waals surface area contributed by atoms with Gasteiger partial charge in [-0.05, 0) is 43.4 Å². The van der Waals surface area contributed by atoms with E-state index in [2.05, 4.69) is 63.3 Å². The van der Waals surface area contributed by atoms with Gasteiger partial charge in [0.25, 0.3) is 0 Å². The van der Waals surface area contributed by atoms with Gasteiger partial charge < -0.3 is 4.90 Å². The van der Waals surface area contributed by atoms with Crippen LogP contribution in [0, 0.1) is 12.3 Å². The Morgan fingerprint density at radius 3 is 2.47 bits per heavy atom. The van der Waals surface area contributed by atoms with Gasteiger partial charge in [0.15, 0.2) is 0 Å². The van der Waals surface area contributed by atoms with Gasteiger partial charge in [-0.15, -0.1) is 0 Å². The van der Waals surface area contributed by atoms with Crippen LogP contribution in [-0.2, 0) is 0 Å². The zero-order valence-electron chi connectivity index (χ0n) is 13.4. The number of pyridine rings is 1. The predicted molar refractivity (Wildman–Crippen MR) is 85.6 cm³/mol. The van der Waals surface area contributed by atoms with Gasteiger partial charge >= 0.3 is 0 Å². The van der Waals surface area contributed by atoms with Crippen molar-refractivity contribution in [3.63, 3.8) is 0 Å². The Hall–Kier alpha value is -1.31. The number of hydrogen-bond donors (Lipinski definition) is 0. The van der Waals surface area contributed by atoms with E-state index < -0.39 is 0 Å². The summed E-state index contributed by atoms with van der Waals surface area (Å²) in [4.78, 5) is 6.92. The van der Waals surface area contributed by atoms with Gasteiger partial charge in [0.2, 0.25) is 0 Å². The highest BCUT2D eigenvalue weighted by Gasteiger charge is 2.16. The molecule has 1 heterocycles. The largest absolute Gasteiger partial charge is 0.373 e. The van der Waals surface area contributed by atoms with Gasteiger partial charge in [-0.2, -0.15) is 0 Å². The molecule has 0 aliphatic rings. The number of nitrogens with zero attached hydrogens (tertiary/aromatic N) is 2. The molecular formula is C17H28N2. The summed E-state index contributed by atoms with van der Waals surface area (Å²) in [5.41, 5.74) is 4.72. The van der Waals surface area contributed by atoms with Crippen molar-refractivity contribution in [2.75, 3.05) is 18.5 Å². The fraction of sp³-hybridized carbons (Fsp3) is 0.588. The summed E-state index contributed by atoms with van der Waals surface area (Å²) < 4.78 is 0. The van der Waals surface area contributed by atoms with Crippen LogP contribution in [0.3, 0.4) is 0 Å². The van der Waals surface area contributed by atoms with Gasteiger partial charge in [0.05, 0.1) is 17.1 Å². The molecule has 106 valence electrons. The van der Waals surface area contributed by atoms with E-state index in [0.717, 1.165) is 23.5 Å². The van der Waals surface area contributed by atoms with Crippen molar-refractivity contribution in [1.29, 1.82) is 0 Å². The average Bonchev–Trinajstić information content (AvgIpc) is 2.36. The van der Waals surface area contributed by atoms with Crippen molar-refractivity contribution in [3.05, 3.63) is 30.1 Å². The van der Waals surface area contributed by atoms with Crippen molar-refractivity contribution >= 4 is 11.3 Å². The van der Waals surface area contributed by atoms with E-state index in [-0.39, 0.29) is 0 Å². The predicted octanol–water partition coefficient (Wildman–Crippen LogP) is 4.69. The molecule has 19 heavy (non-hydrogen) atoms. The topological polar surface area (TPSA) is 16.1 Å². The minimum absolute atomic E-state index is 0.410. The molecule has 2 nitrogen and oxygen atoms in total. The average molecular weight is 260 g/mol. The van der Waals surface area contributed by atoms with Crippen LogP contribution in [-0.4, -0.2) is 18.6 Å². The van der Waals surface area contributed by atoms with E-state index in [9.17, 15) is 0 Å². The molecule has 0 amide bonds. The maximum Gasteiger partial charge on any atom is 0.0657 e. The lowest BCUT2D eigenvalue weighted by molar-refractivity contribution is 0.326. The SMILES string of the molecule is C=C(C)c1ccc(N(C)CCC(C)(C)CC)c(C)n1. The summed E-state index contributed by atoms with van der Waals surface area (Å²) in [5.74, 6) is 0. The third kappa shape index (κ3) is 4.38. The normalized spacial score (nSPS) is 11.5. The van der Waals surface area contributed by atoms with E-state index in [1.54, 1.807) is 0 Å². The van der Waals surface area contributed by atoms with Gasteiger partial charge in [0, 0.05) is 13.6 Å². The van der Waals surface area contributed by atoms with E-state index in [1.807, 2.05) is 6.92 Å². The highest BCUT2D eigenvalue weighted by molar-refractivity contribution is 5.61. The number of rotatable bonds is 6. The summed E-state index contributed by atoms with van der Waals surface area (Å²) in [7, 11) is 2.15. The summed E-state index contributed by atoms with van der Waals surface area (Å²) >= 11 is 0. The molecule has 0 atom stereocenters. The lowest BCUT2D eigenvalue weighted by atomic mass is 9.86. The first-order chi connectivity index (χ1) is 8.76. The minimum atomic E-state index is 0.410. The maximum atomic E-state index is 4.62. The first-order valence-corrected chi connectivity index (χ1v) is 7.11. The Morgan fingerprint density at radius 1 is 1.37 bits per heavy atom. The Bertz CT molecular complexity index is 447. The van der Waals surface area contributed by atoms with Crippen LogP contribution >= 0.6 is 0 Å². The van der Waals surface area contributed by atoms with Crippen molar-refractivity contribution in [3.8, 4) is 0 Å². The molecule has 0 bridgehead atoms. The van der Waals surface area contributed by atoms with E-state index in [4.69, 9.17) is 0 Å². The molecule has 0 saturated heterocycles. The Kier molecular flexibility index (Phi) is 5.16. The molecule has 0 aliphatic heterocycles. The third-order valence-electron chi connectivity index (χ3n) is 3.99. The van der Waals surface area contributed by atoms with Crippen molar-refractivity contribution in [2.24, 2.45) is 5.41 Å². The van der Waals surface area contributed by atoms with Gasteiger partial charge in [-0.3, -0.25) is 4.98 Å². The summed E-state index contributed by atoms with van der Waals surface area (Å²) in [5, 5.41) is 0. The molecule has 0 unspecified atom stereocenters. The highest BCUT2D eigenvalue weighted by atomic mass is 15.1. The molecule has 0 spiro atoms. The van der Waals surface area contributed by atoms with Crippen LogP contribution in [0.2, 0.25) is 0 Å². The zero-order chi connectivity index (χ0) is 14.6. The molecule has 0 saturated carbocycles. The molecular weight excluding hydrogens is 232 g/mol. The molecule has 1 rings (SSSR count). The first-order valence-electron chi connectivity index (χ1n) is 7.11. The smallest absolute Gasteiger partial charge is 0.0657 e. The van der Waals surface area contributed by atoms with Crippen LogP contribution in [0.4, 0.5) is 5.69 Å². The maximum absolute atomic E-state index is 4.62. The Labute approximate surface area is 118 Å². The molecule has 0 N–H and O–H groups in total. The number of aromatic nitrogens is 1. The standard InChI is InChI=1S/C17H28N2/c1-8-17(5,6)11-12-19(7)16-10-9-15(13(2)3)18-14(16)4/h9-10H,2,8,11-12H2,1,3-7H3. The molecule has 1 aromatic rings. The number of allylic oxidation sites excluding steroid dienone is 1. The van der Waals surface area contributed by atoms with Gasteiger partial charge in [-0.1, -0.05) is 33.8 Å². The molecule has 0 fully saturated rings. The second-order valence-corrected chi connectivity index (χ2v) is 6.27. The van der Waals surface area contributed by atoms with Crippen molar-refractivity contribution in [1.82, 2.24) is 4.98 Å². The fourth-order valence-electron chi connectivity index (χ4n) is 1.96. The van der Waals surface area contributed by atoms with Crippen molar-refractivity contribution < 1.29 is 0 Å². The number of aryl methyl sites for hydroxylation is 1. The summed E-state index contributed by atoms with van der Waals surface area (Å²) in [6.45, 7) is 16.0. The fourth-order valence-corrected chi connectivity index (χ4v) is 1.96. The number of anilines is 1. The molecule has 2 heteroatoms.